The standard InChI is InChI=1S/C19H23N3O4S/c1-3-20-19(23)22-10-9-15-12-17(7-8-18(15)22)27(24,25)21-13-14-5-4-6-16(11-14)26-2/h4-8,11-12,21H,3,9-10,13H2,1-2H3,(H,20,23). The van der Waals surface area contributed by atoms with Gasteiger partial charge < -0.3 is 10.1 Å². The molecule has 0 spiro atoms. The highest BCUT2D eigenvalue weighted by Crippen LogP contribution is 2.30. The molecule has 0 fully saturated rings. The zero-order chi connectivity index (χ0) is 19.4. The van der Waals surface area contributed by atoms with Crippen molar-refractivity contribution in [3.05, 3.63) is 53.6 Å². The van der Waals surface area contributed by atoms with Crippen molar-refractivity contribution in [2.24, 2.45) is 0 Å². The highest BCUT2D eigenvalue weighted by Gasteiger charge is 2.26. The Morgan fingerprint density at radius 3 is 2.78 bits per heavy atom. The number of methoxy groups -OCH3 is 1. The number of sulfonamides is 1. The van der Waals surface area contributed by atoms with E-state index in [4.69, 9.17) is 4.74 Å². The molecule has 1 aliphatic heterocycles. The number of anilines is 1. The zero-order valence-electron chi connectivity index (χ0n) is 15.4. The van der Waals surface area contributed by atoms with Crippen LogP contribution in [0.2, 0.25) is 0 Å². The van der Waals surface area contributed by atoms with Crippen molar-refractivity contribution in [1.29, 1.82) is 0 Å². The number of carbonyl (C=O) groups excluding carboxylic acids is 1. The average Bonchev–Trinajstić information content (AvgIpc) is 3.10. The molecule has 0 bridgehead atoms. The molecule has 1 heterocycles. The van der Waals surface area contributed by atoms with Crippen LogP contribution in [0.3, 0.4) is 0 Å². The van der Waals surface area contributed by atoms with Gasteiger partial charge in [0.25, 0.3) is 0 Å². The Hall–Kier alpha value is -2.58. The number of nitrogens with one attached hydrogen (secondary N) is 2. The molecule has 0 aromatic heterocycles. The van der Waals surface area contributed by atoms with E-state index >= 15 is 0 Å². The number of ether oxygens (including phenoxy) is 1. The summed E-state index contributed by atoms with van der Waals surface area (Å²) in [5.41, 5.74) is 2.42. The van der Waals surface area contributed by atoms with Crippen molar-refractivity contribution in [3.8, 4) is 5.75 Å². The van der Waals surface area contributed by atoms with Gasteiger partial charge in [-0.15, -0.1) is 0 Å². The van der Waals surface area contributed by atoms with Gasteiger partial charge in [0.05, 0.1) is 12.0 Å². The van der Waals surface area contributed by atoms with E-state index in [1.165, 1.54) is 6.07 Å². The van der Waals surface area contributed by atoms with E-state index in [0.717, 1.165) is 16.8 Å². The Morgan fingerprint density at radius 2 is 2.04 bits per heavy atom. The smallest absolute Gasteiger partial charge is 0.321 e. The molecule has 1 aliphatic rings. The Labute approximate surface area is 159 Å². The molecular formula is C19H23N3O4S. The topological polar surface area (TPSA) is 87.7 Å². The molecule has 2 aromatic carbocycles. The second kappa shape index (κ2) is 7.98. The number of fused-ring (bicyclic) bond motifs is 1. The van der Waals surface area contributed by atoms with Gasteiger partial charge in [-0.1, -0.05) is 12.1 Å². The molecule has 0 radical (unpaired) electrons. The maximum Gasteiger partial charge on any atom is 0.321 e. The maximum absolute atomic E-state index is 12.6. The van der Waals surface area contributed by atoms with E-state index < -0.39 is 10.0 Å². The first-order valence-electron chi connectivity index (χ1n) is 8.75. The molecule has 0 saturated heterocycles. The van der Waals surface area contributed by atoms with Gasteiger partial charge in [-0.3, -0.25) is 4.90 Å². The van der Waals surface area contributed by atoms with Gasteiger partial charge >= 0.3 is 6.03 Å². The number of rotatable bonds is 6. The van der Waals surface area contributed by atoms with E-state index in [2.05, 4.69) is 10.0 Å². The van der Waals surface area contributed by atoms with Crippen molar-refractivity contribution in [2.75, 3.05) is 25.1 Å². The van der Waals surface area contributed by atoms with Crippen molar-refractivity contribution < 1.29 is 17.9 Å². The van der Waals surface area contributed by atoms with Crippen LogP contribution in [0.25, 0.3) is 0 Å². The van der Waals surface area contributed by atoms with Crippen molar-refractivity contribution in [3.63, 3.8) is 0 Å². The number of nitrogens with zero attached hydrogens (tertiary/aromatic N) is 1. The average molecular weight is 389 g/mol. The summed E-state index contributed by atoms with van der Waals surface area (Å²) in [5.74, 6) is 0.676. The minimum absolute atomic E-state index is 0.164. The lowest BCUT2D eigenvalue weighted by Gasteiger charge is -2.17. The lowest BCUT2D eigenvalue weighted by Crippen LogP contribution is -2.38. The van der Waals surface area contributed by atoms with Gasteiger partial charge in [0.15, 0.2) is 0 Å². The summed E-state index contributed by atoms with van der Waals surface area (Å²) in [6, 6.07) is 11.9. The van der Waals surface area contributed by atoms with Gasteiger partial charge in [0.1, 0.15) is 5.75 Å². The summed E-state index contributed by atoms with van der Waals surface area (Å²) in [6.45, 7) is 3.12. The van der Waals surface area contributed by atoms with Gasteiger partial charge in [-0.2, -0.15) is 0 Å². The predicted octanol–water partition coefficient (Wildman–Crippen LogP) is 2.27. The normalized spacial score (nSPS) is 13.3. The summed E-state index contributed by atoms with van der Waals surface area (Å²) in [4.78, 5) is 13.9. The third-order valence-electron chi connectivity index (χ3n) is 4.43. The second-order valence-electron chi connectivity index (χ2n) is 6.20. The Bertz CT molecular complexity index is 944. The van der Waals surface area contributed by atoms with Crippen molar-refractivity contribution in [1.82, 2.24) is 10.0 Å². The van der Waals surface area contributed by atoms with Crippen LogP contribution in [0.15, 0.2) is 47.4 Å². The van der Waals surface area contributed by atoms with E-state index in [-0.39, 0.29) is 17.5 Å². The third kappa shape index (κ3) is 4.23. The molecule has 2 amide bonds. The maximum atomic E-state index is 12.6. The Balaban J connectivity index is 1.75. The number of benzene rings is 2. The van der Waals surface area contributed by atoms with Crippen LogP contribution in [0.1, 0.15) is 18.1 Å². The molecule has 2 N–H and O–H groups in total. The number of urea groups is 1. The van der Waals surface area contributed by atoms with Crippen molar-refractivity contribution >= 4 is 21.7 Å². The van der Waals surface area contributed by atoms with Gasteiger partial charge in [0.2, 0.25) is 10.0 Å². The summed E-state index contributed by atoms with van der Waals surface area (Å²) in [6.07, 6.45) is 0.631. The van der Waals surface area contributed by atoms with Crippen LogP contribution in [-0.2, 0) is 23.0 Å². The number of hydrogen-bond acceptors (Lipinski definition) is 4. The van der Waals surface area contributed by atoms with Gasteiger partial charge in [-0.05, 0) is 54.8 Å². The molecule has 0 saturated carbocycles. The van der Waals surface area contributed by atoms with Crippen LogP contribution in [0, 0.1) is 0 Å². The molecule has 27 heavy (non-hydrogen) atoms. The first kappa shape index (κ1) is 19.2. The molecule has 144 valence electrons. The molecular weight excluding hydrogens is 366 g/mol. The van der Waals surface area contributed by atoms with E-state index in [1.807, 2.05) is 19.1 Å². The summed E-state index contributed by atoms with van der Waals surface area (Å²) in [5, 5.41) is 2.77. The van der Waals surface area contributed by atoms with Gasteiger partial charge in [-0.25, -0.2) is 17.9 Å². The largest absolute Gasteiger partial charge is 0.497 e. The van der Waals surface area contributed by atoms with Crippen LogP contribution in [0.5, 0.6) is 5.75 Å². The van der Waals surface area contributed by atoms with Gasteiger partial charge in [0, 0.05) is 25.3 Å². The monoisotopic (exact) mass is 389 g/mol. The van der Waals surface area contributed by atoms with Crippen LogP contribution in [-0.4, -0.2) is 34.6 Å². The summed E-state index contributed by atoms with van der Waals surface area (Å²) >= 11 is 0. The van der Waals surface area contributed by atoms with E-state index in [0.29, 0.717) is 25.3 Å². The molecule has 7 nitrogen and oxygen atoms in total. The Kier molecular flexibility index (Phi) is 5.67. The zero-order valence-corrected chi connectivity index (χ0v) is 16.2. The van der Waals surface area contributed by atoms with Crippen LogP contribution < -0.4 is 19.7 Å². The first-order chi connectivity index (χ1) is 12.9. The Morgan fingerprint density at radius 1 is 1.22 bits per heavy atom. The first-order valence-corrected chi connectivity index (χ1v) is 10.2. The van der Waals surface area contributed by atoms with Crippen molar-refractivity contribution in [2.45, 2.75) is 24.8 Å². The summed E-state index contributed by atoms with van der Waals surface area (Å²) in [7, 11) is -2.09. The minimum atomic E-state index is -3.66. The SMILES string of the molecule is CCNC(=O)N1CCc2cc(S(=O)(=O)NCc3cccc(OC)c3)ccc21. The molecule has 0 atom stereocenters. The van der Waals surface area contributed by atoms with E-state index in [1.54, 1.807) is 36.3 Å². The van der Waals surface area contributed by atoms with Crippen LogP contribution >= 0.6 is 0 Å². The lowest BCUT2D eigenvalue weighted by atomic mass is 10.2. The molecule has 8 heteroatoms. The predicted molar refractivity (Wildman–Crippen MR) is 104 cm³/mol. The fraction of sp³-hybridized carbons (Fsp3) is 0.316. The number of carbonyl (C=O) groups is 1. The minimum Gasteiger partial charge on any atom is -0.497 e. The van der Waals surface area contributed by atoms with E-state index in [9.17, 15) is 13.2 Å². The highest BCUT2D eigenvalue weighted by molar-refractivity contribution is 7.89. The third-order valence-corrected chi connectivity index (χ3v) is 5.83. The number of amides is 2. The fourth-order valence-electron chi connectivity index (χ4n) is 3.05. The molecule has 0 unspecified atom stereocenters. The lowest BCUT2D eigenvalue weighted by molar-refractivity contribution is 0.247. The number of hydrogen-bond donors (Lipinski definition) is 2. The highest BCUT2D eigenvalue weighted by atomic mass is 32.2. The van der Waals surface area contributed by atoms with Crippen LogP contribution in [0.4, 0.5) is 10.5 Å². The second-order valence-corrected chi connectivity index (χ2v) is 7.97. The summed E-state index contributed by atoms with van der Waals surface area (Å²) < 4.78 is 33.1. The molecule has 0 aliphatic carbocycles. The molecule has 2 aromatic rings. The molecule has 3 rings (SSSR count). The fourth-order valence-corrected chi connectivity index (χ4v) is 4.11. The quantitative estimate of drug-likeness (QED) is 0.793.